The van der Waals surface area contributed by atoms with Crippen molar-refractivity contribution in [2.24, 2.45) is 5.92 Å². The number of hydrogen-bond donors (Lipinski definition) is 1. The number of aromatic nitrogens is 3. The first kappa shape index (κ1) is 20.0. The van der Waals surface area contributed by atoms with Crippen LogP contribution in [0.4, 0.5) is 0 Å². The number of nitrogens with one attached hydrogen (secondary N) is 1. The summed E-state index contributed by atoms with van der Waals surface area (Å²) >= 11 is 0. The molecule has 7 nitrogen and oxygen atoms in total. The zero-order valence-corrected chi connectivity index (χ0v) is 17.8. The molecule has 4 heterocycles. The topological polar surface area (TPSA) is 86.4 Å². The molecule has 0 bridgehead atoms. The SMILES string of the molecule is CC1CN(Cc2ccc(C#N)cc2)CC1c1cn2c(C3CCOCC3)ncc2c(=O)[nH]1. The lowest BCUT2D eigenvalue weighted by Gasteiger charge is -2.21. The zero-order valence-electron chi connectivity index (χ0n) is 17.8. The molecular formula is C24H27N5O2. The van der Waals surface area contributed by atoms with E-state index in [1.54, 1.807) is 6.20 Å². The van der Waals surface area contributed by atoms with Gasteiger partial charge in [-0.25, -0.2) is 4.98 Å². The summed E-state index contributed by atoms with van der Waals surface area (Å²) in [5.74, 6) is 2.01. The van der Waals surface area contributed by atoms with Gasteiger partial charge in [0.25, 0.3) is 5.56 Å². The van der Waals surface area contributed by atoms with E-state index in [1.807, 2.05) is 28.7 Å². The van der Waals surface area contributed by atoms with Crippen molar-refractivity contribution in [1.29, 1.82) is 5.26 Å². The fourth-order valence-corrected chi connectivity index (χ4v) is 5.04. The van der Waals surface area contributed by atoms with Crippen LogP contribution in [0.15, 0.2) is 41.5 Å². The highest BCUT2D eigenvalue weighted by Crippen LogP contribution is 2.33. The van der Waals surface area contributed by atoms with Crippen molar-refractivity contribution in [3.05, 3.63) is 69.7 Å². The molecular weight excluding hydrogens is 390 g/mol. The Bertz CT molecular complexity index is 1170. The van der Waals surface area contributed by atoms with Crippen molar-refractivity contribution in [1.82, 2.24) is 19.3 Å². The number of benzene rings is 1. The fraction of sp³-hybridized carbons (Fsp3) is 0.458. The first-order chi connectivity index (χ1) is 15.1. The molecule has 0 spiro atoms. The number of nitriles is 1. The van der Waals surface area contributed by atoms with Gasteiger partial charge >= 0.3 is 0 Å². The third kappa shape index (κ3) is 3.89. The smallest absolute Gasteiger partial charge is 0.274 e. The summed E-state index contributed by atoms with van der Waals surface area (Å²) in [7, 11) is 0. The quantitative estimate of drug-likeness (QED) is 0.705. The molecule has 2 aromatic heterocycles. The minimum absolute atomic E-state index is 0.0685. The van der Waals surface area contributed by atoms with Crippen molar-refractivity contribution < 1.29 is 4.74 Å². The molecule has 2 aliphatic heterocycles. The van der Waals surface area contributed by atoms with E-state index < -0.39 is 0 Å². The summed E-state index contributed by atoms with van der Waals surface area (Å²) in [5, 5.41) is 8.99. The molecule has 2 unspecified atom stereocenters. The van der Waals surface area contributed by atoms with E-state index in [9.17, 15) is 4.79 Å². The van der Waals surface area contributed by atoms with Crippen molar-refractivity contribution in [3.8, 4) is 6.07 Å². The molecule has 1 aromatic carbocycles. The van der Waals surface area contributed by atoms with E-state index >= 15 is 0 Å². The lowest BCUT2D eigenvalue weighted by molar-refractivity contribution is 0.0835. The van der Waals surface area contributed by atoms with Gasteiger partial charge in [0, 0.05) is 56.6 Å². The fourth-order valence-electron chi connectivity index (χ4n) is 5.04. The van der Waals surface area contributed by atoms with Gasteiger partial charge in [-0.05, 0) is 36.5 Å². The van der Waals surface area contributed by atoms with Gasteiger partial charge < -0.3 is 9.72 Å². The number of likely N-dealkylation sites (tertiary alicyclic amines) is 1. The molecule has 0 aliphatic carbocycles. The first-order valence-electron chi connectivity index (χ1n) is 11.0. The Kier molecular flexibility index (Phi) is 5.34. The second-order valence-electron chi connectivity index (χ2n) is 8.88. The number of nitrogens with zero attached hydrogens (tertiary/aromatic N) is 4. The van der Waals surface area contributed by atoms with Gasteiger partial charge in [-0.2, -0.15) is 5.26 Å². The number of rotatable bonds is 4. The van der Waals surface area contributed by atoms with Gasteiger partial charge in [0.05, 0.1) is 17.8 Å². The number of fused-ring (bicyclic) bond motifs is 1. The number of aromatic amines is 1. The van der Waals surface area contributed by atoms with Crippen LogP contribution in [0.5, 0.6) is 0 Å². The predicted molar refractivity (Wildman–Crippen MR) is 117 cm³/mol. The zero-order chi connectivity index (χ0) is 21.4. The Morgan fingerprint density at radius 2 is 2.00 bits per heavy atom. The molecule has 0 amide bonds. The van der Waals surface area contributed by atoms with Crippen molar-refractivity contribution in [2.75, 3.05) is 26.3 Å². The predicted octanol–water partition coefficient (Wildman–Crippen LogP) is 3.02. The van der Waals surface area contributed by atoms with Crippen molar-refractivity contribution in [2.45, 2.75) is 38.1 Å². The van der Waals surface area contributed by atoms with E-state index in [4.69, 9.17) is 10.00 Å². The second kappa shape index (κ2) is 8.29. The van der Waals surface area contributed by atoms with Crippen LogP contribution < -0.4 is 5.56 Å². The van der Waals surface area contributed by atoms with Gasteiger partial charge in [0.2, 0.25) is 0 Å². The summed E-state index contributed by atoms with van der Waals surface area (Å²) in [5.41, 5.74) is 3.42. The molecule has 0 radical (unpaired) electrons. The Balaban J connectivity index is 1.39. The average Bonchev–Trinajstić information content (AvgIpc) is 3.38. The molecule has 0 saturated carbocycles. The maximum Gasteiger partial charge on any atom is 0.274 e. The normalized spacial score (nSPS) is 22.7. The molecule has 31 heavy (non-hydrogen) atoms. The standard InChI is InChI=1S/C24H27N5O2/c1-16-12-28(13-18-4-2-17(10-25)3-5-18)14-20(16)21-15-29-22(24(30)27-21)11-26-23(29)19-6-8-31-9-7-19/h2-5,11,15-16,19-20H,6-9,12-14H2,1H3,(H,27,30). The Morgan fingerprint density at radius 1 is 1.23 bits per heavy atom. The van der Waals surface area contributed by atoms with Crippen LogP contribution in [0, 0.1) is 17.2 Å². The summed E-state index contributed by atoms with van der Waals surface area (Å²) in [6.07, 6.45) is 5.68. The lowest BCUT2D eigenvalue weighted by Crippen LogP contribution is -2.22. The van der Waals surface area contributed by atoms with E-state index in [1.165, 1.54) is 5.56 Å². The van der Waals surface area contributed by atoms with Gasteiger partial charge in [-0.3, -0.25) is 14.1 Å². The summed E-state index contributed by atoms with van der Waals surface area (Å²) in [6.45, 7) is 6.46. The van der Waals surface area contributed by atoms with Gasteiger partial charge in [0.15, 0.2) is 0 Å². The summed E-state index contributed by atoms with van der Waals surface area (Å²) in [6, 6.07) is 9.95. The Hall–Kier alpha value is -2.95. The molecule has 2 atom stereocenters. The van der Waals surface area contributed by atoms with Crippen LogP contribution in [0.3, 0.4) is 0 Å². The molecule has 7 heteroatoms. The van der Waals surface area contributed by atoms with E-state index in [2.05, 4.69) is 34.1 Å². The van der Waals surface area contributed by atoms with E-state index in [-0.39, 0.29) is 11.5 Å². The Labute approximate surface area is 181 Å². The van der Waals surface area contributed by atoms with Crippen LogP contribution in [0.25, 0.3) is 5.52 Å². The van der Waals surface area contributed by atoms with Gasteiger partial charge in [-0.1, -0.05) is 19.1 Å². The minimum Gasteiger partial charge on any atom is -0.381 e. The molecule has 2 fully saturated rings. The average molecular weight is 418 g/mol. The summed E-state index contributed by atoms with van der Waals surface area (Å²) < 4.78 is 7.51. The summed E-state index contributed by atoms with van der Waals surface area (Å²) in [4.78, 5) is 23.0. The molecule has 160 valence electrons. The molecule has 1 N–H and O–H groups in total. The maximum atomic E-state index is 12.8. The lowest BCUT2D eigenvalue weighted by atomic mass is 9.95. The van der Waals surface area contributed by atoms with Gasteiger partial charge in [0.1, 0.15) is 11.3 Å². The van der Waals surface area contributed by atoms with Crippen molar-refractivity contribution >= 4 is 5.52 Å². The number of H-pyrrole nitrogens is 1. The van der Waals surface area contributed by atoms with Crippen LogP contribution in [0.1, 0.15) is 54.2 Å². The highest BCUT2D eigenvalue weighted by atomic mass is 16.5. The second-order valence-corrected chi connectivity index (χ2v) is 8.88. The number of imidazole rings is 1. The highest BCUT2D eigenvalue weighted by molar-refractivity contribution is 5.45. The van der Waals surface area contributed by atoms with Crippen LogP contribution >= 0.6 is 0 Å². The third-order valence-corrected chi connectivity index (χ3v) is 6.75. The largest absolute Gasteiger partial charge is 0.381 e. The molecule has 2 aliphatic rings. The third-order valence-electron chi connectivity index (χ3n) is 6.75. The Morgan fingerprint density at radius 3 is 2.74 bits per heavy atom. The minimum atomic E-state index is -0.0685. The van der Waals surface area contributed by atoms with Crippen LogP contribution in [0.2, 0.25) is 0 Å². The molecule has 2 saturated heterocycles. The first-order valence-corrected chi connectivity index (χ1v) is 11.0. The van der Waals surface area contributed by atoms with E-state index in [0.29, 0.717) is 22.9 Å². The molecule has 3 aromatic rings. The number of hydrogen-bond acceptors (Lipinski definition) is 5. The molecule has 5 rings (SSSR count). The van der Waals surface area contributed by atoms with Crippen LogP contribution in [-0.4, -0.2) is 45.6 Å². The number of ether oxygens (including phenoxy) is 1. The van der Waals surface area contributed by atoms with Gasteiger partial charge in [-0.15, -0.1) is 0 Å². The monoisotopic (exact) mass is 417 g/mol. The highest BCUT2D eigenvalue weighted by Gasteiger charge is 2.32. The van der Waals surface area contributed by atoms with Crippen LogP contribution in [-0.2, 0) is 11.3 Å². The van der Waals surface area contributed by atoms with E-state index in [0.717, 1.165) is 57.2 Å². The van der Waals surface area contributed by atoms with Crippen molar-refractivity contribution in [3.63, 3.8) is 0 Å². The maximum absolute atomic E-state index is 12.8.